The van der Waals surface area contributed by atoms with Gasteiger partial charge in [0.15, 0.2) is 0 Å². The van der Waals surface area contributed by atoms with Crippen LogP contribution in [0.1, 0.15) is 36.7 Å². The quantitative estimate of drug-likeness (QED) is 0.645. The van der Waals surface area contributed by atoms with E-state index in [1.54, 1.807) is 32.9 Å². The summed E-state index contributed by atoms with van der Waals surface area (Å²) in [5.74, 6) is 0.258. The summed E-state index contributed by atoms with van der Waals surface area (Å²) in [6, 6.07) is 3.43. The molecule has 0 heterocycles. The third kappa shape index (κ3) is 3.12. The average molecular weight is 237 g/mol. The molecule has 0 atom stereocenters. The molecule has 0 aromatic heterocycles. The molecule has 0 fully saturated rings. The topological polar surface area (TPSA) is 61.5 Å². The van der Waals surface area contributed by atoms with E-state index in [4.69, 9.17) is 15.2 Å². The van der Waals surface area contributed by atoms with Crippen LogP contribution >= 0.6 is 0 Å². The van der Waals surface area contributed by atoms with E-state index < -0.39 is 5.97 Å². The molecule has 17 heavy (non-hydrogen) atoms. The van der Waals surface area contributed by atoms with E-state index in [1.807, 2.05) is 6.92 Å². The molecule has 0 aliphatic carbocycles. The van der Waals surface area contributed by atoms with Crippen molar-refractivity contribution in [3.05, 3.63) is 23.3 Å². The Kier molecular flexibility index (Phi) is 4.37. The first-order chi connectivity index (χ1) is 7.97. The Bertz CT molecular complexity index is 413. The maximum Gasteiger partial charge on any atom is 0.340 e. The number of esters is 1. The summed E-state index contributed by atoms with van der Waals surface area (Å²) >= 11 is 0. The second kappa shape index (κ2) is 5.57. The fourth-order valence-corrected chi connectivity index (χ4v) is 1.57. The van der Waals surface area contributed by atoms with Crippen molar-refractivity contribution >= 4 is 11.7 Å². The van der Waals surface area contributed by atoms with Crippen LogP contribution in [-0.4, -0.2) is 18.7 Å². The second-order valence-electron chi connectivity index (χ2n) is 4.04. The van der Waals surface area contributed by atoms with Gasteiger partial charge in [0.05, 0.1) is 18.3 Å². The first-order valence-electron chi connectivity index (χ1n) is 5.70. The van der Waals surface area contributed by atoms with E-state index in [-0.39, 0.29) is 6.10 Å². The summed E-state index contributed by atoms with van der Waals surface area (Å²) in [5.41, 5.74) is 7.33. The van der Waals surface area contributed by atoms with Crippen molar-refractivity contribution in [1.29, 1.82) is 0 Å². The predicted octanol–water partition coefficient (Wildman–Crippen LogP) is 2.54. The van der Waals surface area contributed by atoms with Crippen molar-refractivity contribution < 1.29 is 14.3 Å². The Balaban J connectivity index is 3.13. The van der Waals surface area contributed by atoms with E-state index in [9.17, 15) is 4.79 Å². The molecule has 0 saturated heterocycles. The van der Waals surface area contributed by atoms with Crippen LogP contribution in [0, 0.1) is 6.92 Å². The van der Waals surface area contributed by atoms with Gasteiger partial charge in [0.1, 0.15) is 5.75 Å². The normalized spacial score (nSPS) is 10.4. The minimum atomic E-state index is -0.406. The molecule has 0 spiro atoms. The number of hydrogen-bond donors (Lipinski definition) is 1. The van der Waals surface area contributed by atoms with E-state index in [0.29, 0.717) is 23.6 Å². The Hall–Kier alpha value is -1.71. The largest absolute Gasteiger partial charge is 0.494 e. The molecule has 0 unspecified atom stereocenters. The van der Waals surface area contributed by atoms with Gasteiger partial charge < -0.3 is 15.2 Å². The van der Waals surface area contributed by atoms with Gasteiger partial charge in [-0.05, 0) is 39.8 Å². The van der Waals surface area contributed by atoms with Gasteiger partial charge in [-0.25, -0.2) is 4.79 Å². The summed E-state index contributed by atoms with van der Waals surface area (Å²) < 4.78 is 10.6. The lowest BCUT2D eigenvalue weighted by Gasteiger charge is -2.14. The first kappa shape index (κ1) is 13.4. The zero-order valence-electron chi connectivity index (χ0n) is 10.7. The number of benzene rings is 1. The van der Waals surface area contributed by atoms with Crippen LogP contribution in [0.25, 0.3) is 0 Å². The average Bonchev–Trinajstić information content (AvgIpc) is 2.21. The van der Waals surface area contributed by atoms with Crippen molar-refractivity contribution in [2.45, 2.75) is 33.8 Å². The molecule has 0 aliphatic heterocycles. The number of carbonyl (C=O) groups is 1. The minimum Gasteiger partial charge on any atom is -0.494 e. The molecule has 0 bridgehead atoms. The van der Waals surface area contributed by atoms with Crippen LogP contribution in [0.15, 0.2) is 12.1 Å². The fraction of sp³-hybridized carbons (Fsp3) is 0.462. The number of nitrogens with two attached hydrogens (primary N) is 1. The molecule has 0 radical (unpaired) electrons. The summed E-state index contributed by atoms with van der Waals surface area (Å²) in [5, 5.41) is 0. The Morgan fingerprint density at radius 3 is 2.59 bits per heavy atom. The summed E-state index contributed by atoms with van der Waals surface area (Å²) in [6.07, 6.45) is -0.169. The number of nitrogen functional groups attached to an aromatic ring is 1. The van der Waals surface area contributed by atoms with Gasteiger partial charge in [-0.15, -0.1) is 0 Å². The van der Waals surface area contributed by atoms with Crippen molar-refractivity contribution in [2.75, 3.05) is 12.3 Å². The summed E-state index contributed by atoms with van der Waals surface area (Å²) in [4.78, 5) is 11.9. The third-order valence-electron chi connectivity index (χ3n) is 2.29. The van der Waals surface area contributed by atoms with Crippen LogP contribution in [0.2, 0.25) is 0 Å². The van der Waals surface area contributed by atoms with Crippen LogP contribution < -0.4 is 10.5 Å². The molecule has 0 aliphatic rings. The maximum atomic E-state index is 11.9. The molecule has 1 aromatic carbocycles. The molecule has 1 aromatic rings. The maximum absolute atomic E-state index is 11.9. The van der Waals surface area contributed by atoms with Crippen molar-refractivity contribution in [2.24, 2.45) is 0 Å². The van der Waals surface area contributed by atoms with Gasteiger partial charge in [0.25, 0.3) is 0 Å². The number of anilines is 1. The number of rotatable bonds is 4. The van der Waals surface area contributed by atoms with Crippen molar-refractivity contribution in [3.63, 3.8) is 0 Å². The van der Waals surface area contributed by atoms with Crippen LogP contribution in [0.5, 0.6) is 5.75 Å². The first-order valence-corrected chi connectivity index (χ1v) is 5.70. The molecule has 2 N–H and O–H groups in total. The molecule has 0 saturated carbocycles. The number of hydrogen-bond acceptors (Lipinski definition) is 4. The summed E-state index contributed by atoms with van der Waals surface area (Å²) in [6.45, 7) is 7.84. The summed E-state index contributed by atoms with van der Waals surface area (Å²) in [7, 11) is 0. The number of carbonyl (C=O) groups excluding carboxylic acids is 1. The highest BCUT2D eigenvalue weighted by Crippen LogP contribution is 2.27. The molecular weight excluding hydrogens is 218 g/mol. The Morgan fingerprint density at radius 2 is 2.06 bits per heavy atom. The second-order valence-corrected chi connectivity index (χ2v) is 4.04. The van der Waals surface area contributed by atoms with E-state index in [2.05, 4.69) is 0 Å². The van der Waals surface area contributed by atoms with E-state index in [0.717, 1.165) is 5.56 Å². The minimum absolute atomic E-state index is 0.169. The zero-order valence-corrected chi connectivity index (χ0v) is 10.7. The van der Waals surface area contributed by atoms with Crippen LogP contribution in [-0.2, 0) is 4.74 Å². The van der Waals surface area contributed by atoms with Gasteiger partial charge in [0, 0.05) is 11.3 Å². The van der Waals surface area contributed by atoms with Gasteiger partial charge in [-0.3, -0.25) is 0 Å². The zero-order chi connectivity index (χ0) is 13.0. The highest BCUT2D eigenvalue weighted by molar-refractivity contribution is 5.97. The lowest BCUT2D eigenvalue weighted by atomic mass is 10.1. The lowest BCUT2D eigenvalue weighted by Crippen LogP contribution is -2.15. The smallest absolute Gasteiger partial charge is 0.340 e. The third-order valence-corrected chi connectivity index (χ3v) is 2.29. The molecule has 1 rings (SSSR count). The van der Waals surface area contributed by atoms with Crippen molar-refractivity contribution in [1.82, 2.24) is 0 Å². The molecule has 4 nitrogen and oxygen atoms in total. The van der Waals surface area contributed by atoms with E-state index in [1.165, 1.54) is 0 Å². The fourth-order valence-electron chi connectivity index (χ4n) is 1.57. The highest BCUT2D eigenvalue weighted by Gasteiger charge is 2.18. The Labute approximate surface area is 102 Å². The van der Waals surface area contributed by atoms with E-state index >= 15 is 0 Å². The van der Waals surface area contributed by atoms with Gasteiger partial charge in [0.2, 0.25) is 0 Å². The SMILES string of the molecule is CCOc1ccc(N)c(C(=O)OC(C)C)c1C. The molecule has 94 valence electrons. The van der Waals surface area contributed by atoms with Gasteiger partial charge >= 0.3 is 5.97 Å². The predicted molar refractivity (Wildman–Crippen MR) is 67.3 cm³/mol. The van der Waals surface area contributed by atoms with Crippen LogP contribution in [0.3, 0.4) is 0 Å². The highest BCUT2D eigenvalue weighted by atomic mass is 16.5. The van der Waals surface area contributed by atoms with Gasteiger partial charge in [-0.2, -0.15) is 0 Å². The van der Waals surface area contributed by atoms with Crippen LogP contribution in [0.4, 0.5) is 5.69 Å². The molecule has 0 amide bonds. The lowest BCUT2D eigenvalue weighted by molar-refractivity contribution is 0.0378. The van der Waals surface area contributed by atoms with Gasteiger partial charge in [-0.1, -0.05) is 0 Å². The number of ether oxygens (including phenoxy) is 2. The standard InChI is InChI=1S/C13H19NO3/c1-5-16-11-7-6-10(14)12(9(11)4)13(15)17-8(2)3/h6-8H,5,14H2,1-4H3. The molecular formula is C13H19NO3. The monoisotopic (exact) mass is 237 g/mol. The molecule has 4 heteroatoms. The van der Waals surface area contributed by atoms with Crippen molar-refractivity contribution in [3.8, 4) is 5.75 Å². The Morgan fingerprint density at radius 1 is 1.41 bits per heavy atom.